The number of aromatic amines is 1. The molecule has 134 valence electrons. The monoisotopic (exact) mass is 350 g/mol. The van der Waals surface area contributed by atoms with E-state index < -0.39 is 0 Å². The molecule has 7 nitrogen and oxygen atoms in total. The van der Waals surface area contributed by atoms with Crippen LogP contribution in [-0.4, -0.2) is 65.2 Å². The Hall–Kier alpha value is -2.93. The number of benzene rings is 1. The summed E-state index contributed by atoms with van der Waals surface area (Å²) in [6, 6.07) is 7.92. The van der Waals surface area contributed by atoms with Crippen LogP contribution in [-0.2, 0) is 0 Å². The Morgan fingerprint density at radius 1 is 1.04 bits per heavy atom. The van der Waals surface area contributed by atoms with Crippen LogP contribution in [0.3, 0.4) is 0 Å². The zero-order valence-corrected chi connectivity index (χ0v) is 15.0. The molecule has 2 aromatic heterocycles. The normalized spacial score (nSPS) is 15.2. The van der Waals surface area contributed by atoms with Crippen LogP contribution in [0.15, 0.2) is 42.9 Å². The maximum Gasteiger partial charge on any atom is 0.225 e. The summed E-state index contributed by atoms with van der Waals surface area (Å²) in [7, 11) is 3.81. The van der Waals surface area contributed by atoms with Crippen molar-refractivity contribution in [2.75, 3.05) is 45.2 Å². The fraction of sp³-hybridized carbons (Fsp3) is 0.316. The number of anilines is 1. The van der Waals surface area contributed by atoms with Gasteiger partial charge in [0.2, 0.25) is 5.95 Å². The van der Waals surface area contributed by atoms with Crippen molar-refractivity contribution < 1.29 is 4.74 Å². The number of rotatable bonds is 4. The van der Waals surface area contributed by atoms with Gasteiger partial charge in [-0.1, -0.05) is 0 Å². The number of imidazole rings is 1. The van der Waals surface area contributed by atoms with Crippen molar-refractivity contribution in [1.82, 2.24) is 24.8 Å². The van der Waals surface area contributed by atoms with E-state index in [0.29, 0.717) is 0 Å². The molecule has 0 amide bonds. The molecular weight excluding hydrogens is 328 g/mol. The Morgan fingerprint density at radius 3 is 2.46 bits per heavy atom. The molecule has 3 heterocycles. The number of hydrogen-bond donors (Lipinski definition) is 1. The summed E-state index contributed by atoms with van der Waals surface area (Å²) in [5.41, 5.74) is 2.76. The molecule has 4 rings (SSSR count). The predicted octanol–water partition coefficient (Wildman–Crippen LogP) is 2.29. The Labute approximate surface area is 152 Å². The molecule has 1 aromatic carbocycles. The minimum Gasteiger partial charge on any atom is -0.497 e. The van der Waals surface area contributed by atoms with E-state index in [-0.39, 0.29) is 0 Å². The van der Waals surface area contributed by atoms with Gasteiger partial charge in [-0.3, -0.25) is 0 Å². The van der Waals surface area contributed by atoms with Crippen LogP contribution in [0.4, 0.5) is 5.95 Å². The molecule has 0 spiro atoms. The van der Waals surface area contributed by atoms with E-state index in [0.717, 1.165) is 60.5 Å². The van der Waals surface area contributed by atoms with Gasteiger partial charge in [0.25, 0.3) is 0 Å². The third-order valence-corrected chi connectivity index (χ3v) is 4.68. The summed E-state index contributed by atoms with van der Waals surface area (Å²) in [6.45, 7) is 3.89. The van der Waals surface area contributed by atoms with Gasteiger partial charge in [0.05, 0.1) is 18.4 Å². The lowest BCUT2D eigenvalue weighted by Gasteiger charge is -2.32. The van der Waals surface area contributed by atoms with E-state index in [4.69, 9.17) is 9.72 Å². The third-order valence-electron chi connectivity index (χ3n) is 4.68. The van der Waals surface area contributed by atoms with Crippen LogP contribution >= 0.6 is 0 Å². The van der Waals surface area contributed by atoms with E-state index in [1.165, 1.54) is 0 Å². The van der Waals surface area contributed by atoms with Gasteiger partial charge in [0.1, 0.15) is 11.6 Å². The van der Waals surface area contributed by atoms with E-state index in [1.54, 1.807) is 13.3 Å². The lowest BCUT2D eigenvalue weighted by atomic mass is 10.1. The van der Waals surface area contributed by atoms with E-state index in [9.17, 15) is 0 Å². The van der Waals surface area contributed by atoms with E-state index in [1.807, 2.05) is 36.7 Å². The van der Waals surface area contributed by atoms with E-state index >= 15 is 0 Å². The summed E-state index contributed by atoms with van der Waals surface area (Å²) in [6.07, 6.45) is 5.40. The SMILES string of the molecule is COc1ccc(-c2nc(N3CCN(C)CC3)ncc2-c2ncc[nH]2)cc1. The molecule has 0 aliphatic carbocycles. The van der Waals surface area contributed by atoms with Crippen molar-refractivity contribution in [3.05, 3.63) is 42.9 Å². The largest absolute Gasteiger partial charge is 0.497 e. The van der Waals surface area contributed by atoms with Crippen molar-refractivity contribution in [1.29, 1.82) is 0 Å². The van der Waals surface area contributed by atoms with Gasteiger partial charge in [-0.05, 0) is 31.3 Å². The number of nitrogens with zero attached hydrogens (tertiary/aromatic N) is 5. The van der Waals surface area contributed by atoms with Crippen molar-refractivity contribution in [3.8, 4) is 28.4 Å². The number of nitrogens with one attached hydrogen (secondary N) is 1. The fourth-order valence-corrected chi connectivity index (χ4v) is 3.09. The molecule has 1 aliphatic heterocycles. The molecule has 1 fully saturated rings. The third kappa shape index (κ3) is 3.25. The van der Waals surface area contributed by atoms with Gasteiger partial charge in [-0.15, -0.1) is 0 Å². The Morgan fingerprint density at radius 2 is 1.81 bits per heavy atom. The molecule has 0 unspecified atom stereocenters. The van der Waals surface area contributed by atoms with Gasteiger partial charge in [-0.2, -0.15) is 0 Å². The van der Waals surface area contributed by atoms with Crippen molar-refractivity contribution >= 4 is 5.95 Å². The first-order chi connectivity index (χ1) is 12.7. The van der Waals surface area contributed by atoms with Crippen LogP contribution in [0, 0.1) is 0 Å². The molecule has 0 atom stereocenters. The molecule has 0 bridgehead atoms. The van der Waals surface area contributed by atoms with Crippen LogP contribution < -0.4 is 9.64 Å². The van der Waals surface area contributed by atoms with Crippen LogP contribution in [0.1, 0.15) is 0 Å². The molecule has 0 radical (unpaired) electrons. The highest BCUT2D eigenvalue weighted by molar-refractivity contribution is 5.78. The Bertz CT molecular complexity index is 854. The summed E-state index contributed by atoms with van der Waals surface area (Å²) in [5.74, 6) is 2.35. The predicted molar refractivity (Wildman–Crippen MR) is 101 cm³/mol. The number of H-pyrrole nitrogens is 1. The number of aromatic nitrogens is 4. The lowest BCUT2D eigenvalue weighted by molar-refractivity contribution is 0.311. The van der Waals surface area contributed by atoms with Gasteiger partial charge in [-0.25, -0.2) is 15.0 Å². The zero-order chi connectivity index (χ0) is 17.9. The highest BCUT2D eigenvalue weighted by atomic mass is 16.5. The molecule has 26 heavy (non-hydrogen) atoms. The summed E-state index contributed by atoms with van der Waals surface area (Å²) < 4.78 is 5.27. The van der Waals surface area contributed by atoms with Crippen molar-refractivity contribution in [3.63, 3.8) is 0 Å². The first kappa shape index (κ1) is 16.5. The number of methoxy groups -OCH3 is 1. The van der Waals surface area contributed by atoms with Crippen LogP contribution in [0.2, 0.25) is 0 Å². The average molecular weight is 350 g/mol. The maximum absolute atomic E-state index is 5.27. The van der Waals surface area contributed by atoms with Gasteiger partial charge >= 0.3 is 0 Å². The second-order valence-electron chi connectivity index (χ2n) is 6.39. The van der Waals surface area contributed by atoms with Gasteiger partial charge < -0.3 is 19.5 Å². The number of hydrogen-bond acceptors (Lipinski definition) is 6. The maximum atomic E-state index is 5.27. The van der Waals surface area contributed by atoms with Gasteiger partial charge in [0.15, 0.2) is 0 Å². The molecule has 1 aliphatic rings. The highest BCUT2D eigenvalue weighted by Gasteiger charge is 2.19. The van der Waals surface area contributed by atoms with Gasteiger partial charge in [0, 0.05) is 50.3 Å². The topological polar surface area (TPSA) is 70.2 Å². The Balaban J connectivity index is 1.75. The second-order valence-corrected chi connectivity index (χ2v) is 6.39. The number of likely N-dealkylation sites (N-methyl/N-ethyl adjacent to an activating group) is 1. The lowest BCUT2D eigenvalue weighted by Crippen LogP contribution is -2.45. The smallest absolute Gasteiger partial charge is 0.225 e. The van der Waals surface area contributed by atoms with Crippen LogP contribution in [0.25, 0.3) is 22.6 Å². The summed E-state index contributed by atoms with van der Waals surface area (Å²) in [4.78, 5) is 21.6. The molecule has 0 saturated carbocycles. The molecule has 1 saturated heterocycles. The fourth-order valence-electron chi connectivity index (χ4n) is 3.09. The minimum absolute atomic E-state index is 0.763. The molecule has 3 aromatic rings. The zero-order valence-electron chi connectivity index (χ0n) is 15.0. The molecule has 1 N–H and O–H groups in total. The first-order valence-corrected chi connectivity index (χ1v) is 8.69. The number of piperazine rings is 1. The first-order valence-electron chi connectivity index (χ1n) is 8.69. The summed E-state index contributed by atoms with van der Waals surface area (Å²) in [5, 5.41) is 0. The number of ether oxygens (including phenoxy) is 1. The van der Waals surface area contributed by atoms with Crippen molar-refractivity contribution in [2.24, 2.45) is 0 Å². The molecular formula is C19H22N6O. The minimum atomic E-state index is 0.763. The van der Waals surface area contributed by atoms with Crippen LogP contribution in [0.5, 0.6) is 5.75 Å². The standard InChI is InChI=1S/C19H22N6O/c1-24-9-11-25(12-10-24)19-22-13-16(18-20-7-8-21-18)17(23-19)14-3-5-15(26-2)6-4-14/h3-8,13H,9-12H2,1-2H3,(H,20,21). The molecule has 7 heteroatoms. The van der Waals surface area contributed by atoms with Crippen molar-refractivity contribution in [2.45, 2.75) is 0 Å². The highest BCUT2D eigenvalue weighted by Crippen LogP contribution is 2.30. The summed E-state index contributed by atoms with van der Waals surface area (Å²) >= 11 is 0. The average Bonchev–Trinajstić information content (AvgIpc) is 3.23. The quantitative estimate of drug-likeness (QED) is 0.779. The Kier molecular flexibility index (Phi) is 4.53. The second kappa shape index (κ2) is 7.13. The van der Waals surface area contributed by atoms with E-state index in [2.05, 4.69) is 31.8 Å².